The number of para-hydroxylation sites is 1. The molecule has 2 aromatic rings. The van der Waals surface area contributed by atoms with Gasteiger partial charge < -0.3 is 10.1 Å². The van der Waals surface area contributed by atoms with Crippen LogP contribution in [0.3, 0.4) is 0 Å². The van der Waals surface area contributed by atoms with Gasteiger partial charge in [-0.05, 0) is 54.0 Å². The van der Waals surface area contributed by atoms with E-state index in [-0.39, 0.29) is 0 Å². The molecule has 0 aliphatic rings. The Labute approximate surface area is 126 Å². The largest absolute Gasteiger partial charge is 0.494 e. The van der Waals surface area contributed by atoms with Gasteiger partial charge >= 0.3 is 0 Å². The van der Waals surface area contributed by atoms with E-state index in [2.05, 4.69) is 32.7 Å². The Morgan fingerprint density at radius 1 is 1.32 bits per heavy atom. The number of rotatable bonds is 7. The molecule has 0 aliphatic heterocycles. The van der Waals surface area contributed by atoms with Crippen molar-refractivity contribution in [2.45, 2.75) is 18.9 Å². The van der Waals surface area contributed by atoms with Crippen LogP contribution in [0.4, 0.5) is 0 Å². The molecule has 0 aliphatic carbocycles. The lowest BCUT2D eigenvalue weighted by Gasteiger charge is -2.15. The van der Waals surface area contributed by atoms with Crippen molar-refractivity contribution in [1.82, 2.24) is 5.32 Å². The molecule has 102 valence electrons. The van der Waals surface area contributed by atoms with Gasteiger partial charge in [0.05, 0.1) is 6.61 Å². The van der Waals surface area contributed by atoms with Crippen LogP contribution >= 0.6 is 27.3 Å². The molecule has 0 saturated heterocycles. The van der Waals surface area contributed by atoms with Crippen LogP contribution in [-0.2, 0) is 6.42 Å². The van der Waals surface area contributed by atoms with Crippen LogP contribution < -0.4 is 10.1 Å². The number of halogens is 1. The van der Waals surface area contributed by atoms with Crippen molar-refractivity contribution in [3.8, 4) is 5.75 Å². The first kappa shape index (κ1) is 14.6. The van der Waals surface area contributed by atoms with Crippen molar-refractivity contribution in [3.05, 3.63) is 51.1 Å². The highest BCUT2D eigenvalue weighted by Gasteiger charge is 2.09. The minimum atomic E-state index is 0.453. The summed E-state index contributed by atoms with van der Waals surface area (Å²) in [6.07, 6.45) is 2.05. The number of benzene rings is 1. The van der Waals surface area contributed by atoms with E-state index in [9.17, 15) is 0 Å². The maximum absolute atomic E-state index is 5.74. The van der Waals surface area contributed by atoms with Crippen LogP contribution in [0.15, 0.2) is 46.3 Å². The van der Waals surface area contributed by atoms with Crippen molar-refractivity contribution in [2.75, 3.05) is 13.7 Å². The minimum absolute atomic E-state index is 0.453. The van der Waals surface area contributed by atoms with Gasteiger partial charge in [0.1, 0.15) is 5.75 Å². The molecule has 1 unspecified atom stereocenters. The van der Waals surface area contributed by atoms with Crippen LogP contribution in [0.1, 0.15) is 11.3 Å². The summed E-state index contributed by atoms with van der Waals surface area (Å²) in [5, 5.41) is 5.48. The van der Waals surface area contributed by atoms with Crippen molar-refractivity contribution < 1.29 is 4.74 Å². The number of thiophene rings is 1. The molecule has 0 saturated carbocycles. The smallest absolute Gasteiger partial charge is 0.119 e. The monoisotopic (exact) mass is 339 g/mol. The molecule has 0 spiro atoms. The Bertz CT molecular complexity index is 486. The zero-order valence-electron chi connectivity index (χ0n) is 10.9. The number of ether oxygens (including phenoxy) is 1. The Balaban J connectivity index is 1.76. The molecular formula is C15H18BrNOS. The third kappa shape index (κ3) is 4.97. The van der Waals surface area contributed by atoms with Gasteiger partial charge in [-0.15, -0.1) is 11.3 Å². The lowest BCUT2D eigenvalue weighted by atomic mass is 10.1. The fraction of sp³-hybridized carbons (Fsp3) is 0.333. The Kier molecular flexibility index (Phi) is 5.89. The number of hydrogen-bond donors (Lipinski definition) is 1. The van der Waals surface area contributed by atoms with Gasteiger partial charge in [-0.1, -0.05) is 18.2 Å². The summed E-state index contributed by atoms with van der Waals surface area (Å²) in [6.45, 7) is 0.738. The quantitative estimate of drug-likeness (QED) is 0.819. The first-order chi connectivity index (χ1) is 9.28. The average Bonchev–Trinajstić information content (AvgIpc) is 2.84. The van der Waals surface area contributed by atoms with E-state index >= 15 is 0 Å². The van der Waals surface area contributed by atoms with Gasteiger partial charge in [-0.2, -0.15) is 0 Å². The maximum atomic E-state index is 5.74. The number of nitrogens with one attached hydrogen (secondary N) is 1. The summed E-state index contributed by atoms with van der Waals surface area (Å²) in [5.74, 6) is 0.941. The molecule has 0 amide bonds. The minimum Gasteiger partial charge on any atom is -0.494 e. The topological polar surface area (TPSA) is 21.3 Å². The number of likely N-dealkylation sites (N-methyl/N-ethyl adjacent to an activating group) is 1. The molecule has 1 atom stereocenters. The summed E-state index contributed by atoms with van der Waals surface area (Å²) < 4.78 is 6.90. The second-order valence-corrected chi connectivity index (χ2v) is 6.28. The van der Waals surface area contributed by atoms with Gasteiger partial charge in [0.15, 0.2) is 0 Å². The highest BCUT2D eigenvalue weighted by Crippen LogP contribution is 2.21. The molecule has 2 rings (SSSR count). The summed E-state index contributed by atoms with van der Waals surface area (Å²) in [7, 11) is 2.01. The molecule has 1 heterocycles. The lowest BCUT2D eigenvalue weighted by molar-refractivity contribution is 0.288. The van der Waals surface area contributed by atoms with E-state index in [4.69, 9.17) is 4.74 Å². The van der Waals surface area contributed by atoms with Gasteiger partial charge in [0.25, 0.3) is 0 Å². The fourth-order valence-corrected chi connectivity index (χ4v) is 3.42. The predicted octanol–water partition coefficient (Wildman–Crippen LogP) is 4.11. The van der Waals surface area contributed by atoms with E-state index in [1.54, 1.807) is 11.3 Å². The Hall–Kier alpha value is -0.840. The molecule has 2 nitrogen and oxygen atoms in total. The van der Waals surface area contributed by atoms with E-state index in [0.717, 1.165) is 25.2 Å². The highest BCUT2D eigenvalue weighted by molar-refractivity contribution is 9.10. The molecular weight excluding hydrogens is 322 g/mol. The first-order valence-electron chi connectivity index (χ1n) is 6.36. The Morgan fingerprint density at radius 3 is 2.74 bits per heavy atom. The fourth-order valence-electron chi connectivity index (χ4n) is 1.89. The third-order valence-electron chi connectivity index (χ3n) is 2.96. The predicted molar refractivity (Wildman–Crippen MR) is 85.1 cm³/mol. The maximum Gasteiger partial charge on any atom is 0.119 e. The molecule has 1 aromatic carbocycles. The number of hydrogen-bond acceptors (Lipinski definition) is 3. The molecule has 4 heteroatoms. The second-order valence-electron chi connectivity index (χ2n) is 4.37. The first-order valence-corrected chi connectivity index (χ1v) is 8.03. The van der Waals surface area contributed by atoms with Gasteiger partial charge in [0, 0.05) is 20.8 Å². The normalized spacial score (nSPS) is 12.3. The SMILES string of the molecule is CNC(CCOc1ccccc1)Cc1cc(Br)cs1. The lowest BCUT2D eigenvalue weighted by Crippen LogP contribution is -2.29. The third-order valence-corrected chi connectivity index (χ3v) is 4.68. The zero-order valence-corrected chi connectivity index (χ0v) is 13.3. The van der Waals surface area contributed by atoms with Crippen LogP contribution in [-0.4, -0.2) is 19.7 Å². The molecule has 0 radical (unpaired) electrons. The van der Waals surface area contributed by atoms with E-state index < -0.39 is 0 Å². The highest BCUT2D eigenvalue weighted by atomic mass is 79.9. The van der Waals surface area contributed by atoms with E-state index in [1.165, 1.54) is 9.35 Å². The van der Waals surface area contributed by atoms with Crippen molar-refractivity contribution >= 4 is 27.3 Å². The van der Waals surface area contributed by atoms with Crippen LogP contribution in [0.2, 0.25) is 0 Å². The molecule has 1 aromatic heterocycles. The summed E-state index contributed by atoms with van der Waals surface area (Å²) in [4.78, 5) is 1.39. The van der Waals surface area contributed by atoms with E-state index in [0.29, 0.717) is 6.04 Å². The van der Waals surface area contributed by atoms with Gasteiger partial charge in [-0.3, -0.25) is 0 Å². The standard InChI is InChI=1S/C15H18BrNOS/c1-17-13(10-15-9-12(16)11-19-15)7-8-18-14-5-3-2-4-6-14/h2-6,9,11,13,17H,7-8,10H2,1H3. The van der Waals surface area contributed by atoms with Crippen molar-refractivity contribution in [2.24, 2.45) is 0 Å². The summed E-state index contributed by atoms with van der Waals surface area (Å²) in [5.41, 5.74) is 0. The van der Waals surface area contributed by atoms with Crippen LogP contribution in [0.25, 0.3) is 0 Å². The van der Waals surface area contributed by atoms with Crippen molar-refractivity contribution in [1.29, 1.82) is 0 Å². The molecule has 0 fully saturated rings. The molecule has 0 bridgehead atoms. The van der Waals surface area contributed by atoms with Crippen LogP contribution in [0.5, 0.6) is 5.75 Å². The summed E-state index contributed by atoms with van der Waals surface area (Å²) >= 11 is 5.29. The van der Waals surface area contributed by atoms with Crippen LogP contribution in [0, 0.1) is 0 Å². The summed E-state index contributed by atoms with van der Waals surface area (Å²) in [6, 6.07) is 12.6. The average molecular weight is 340 g/mol. The van der Waals surface area contributed by atoms with E-state index in [1.807, 2.05) is 37.4 Å². The molecule has 19 heavy (non-hydrogen) atoms. The van der Waals surface area contributed by atoms with Crippen molar-refractivity contribution in [3.63, 3.8) is 0 Å². The van der Waals surface area contributed by atoms with Gasteiger partial charge in [-0.25, -0.2) is 0 Å². The Morgan fingerprint density at radius 2 is 2.11 bits per heavy atom. The molecule has 1 N–H and O–H groups in total. The second kappa shape index (κ2) is 7.68. The van der Waals surface area contributed by atoms with Gasteiger partial charge in [0.2, 0.25) is 0 Å². The zero-order chi connectivity index (χ0) is 13.5.